The van der Waals surface area contributed by atoms with Crippen LogP contribution >= 0.6 is 0 Å². The lowest BCUT2D eigenvalue weighted by Gasteiger charge is -2.14. The lowest BCUT2D eigenvalue weighted by Crippen LogP contribution is -2.25. The highest BCUT2D eigenvalue weighted by molar-refractivity contribution is 5.78. The molecule has 1 aromatic heterocycles. The van der Waals surface area contributed by atoms with Crippen LogP contribution in [0.1, 0.15) is 25.8 Å². The van der Waals surface area contributed by atoms with Crippen LogP contribution in [0.5, 0.6) is 0 Å². The van der Waals surface area contributed by atoms with Gasteiger partial charge in [0.05, 0.1) is 17.8 Å². The quantitative estimate of drug-likeness (QED) is 0.848. The number of hydrogen-bond donors (Lipinski definition) is 1. The first-order valence-corrected chi connectivity index (χ1v) is 6.00. The van der Waals surface area contributed by atoms with E-state index in [-0.39, 0.29) is 0 Å². The Morgan fingerprint density at radius 2 is 2.25 bits per heavy atom. The molecule has 1 aliphatic rings. The molecule has 1 atom stereocenters. The largest absolute Gasteiger partial charge is 0.312 e. The van der Waals surface area contributed by atoms with Gasteiger partial charge in [0.15, 0.2) is 0 Å². The van der Waals surface area contributed by atoms with Gasteiger partial charge in [-0.05, 0) is 25.8 Å². The maximum absolute atomic E-state index is 4.47. The van der Waals surface area contributed by atoms with Crippen molar-refractivity contribution in [2.24, 2.45) is 0 Å². The van der Waals surface area contributed by atoms with E-state index in [9.17, 15) is 0 Å². The van der Waals surface area contributed by atoms with E-state index in [1.54, 1.807) is 0 Å². The molecule has 84 valence electrons. The summed E-state index contributed by atoms with van der Waals surface area (Å²) in [6.07, 6.45) is 4.63. The number of hydrogen-bond acceptors (Lipinski definition) is 2. The van der Waals surface area contributed by atoms with Gasteiger partial charge in [-0.3, -0.25) is 4.68 Å². The highest BCUT2D eigenvalue weighted by Gasteiger charge is 2.21. The molecule has 0 radical (unpaired) electrons. The van der Waals surface area contributed by atoms with Crippen LogP contribution in [0.25, 0.3) is 10.9 Å². The lowest BCUT2D eigenvalue weighted by molar-refractivity contribution is 0.464. The van der Waals surface area contributed by atoms with Crippen LogP contribution in [0.15, 0.2) is 30.5 Å². The Hall–Kier alpha value is -1.35. The molecule has 1 saturated carbocycles. The molecule has 0 spiro atoms. The SMILES string of the molecule is CC(CNC1CC1)n1ncc2ccccc21. The van der Waals surface area contributed by atoms with Crippen LogP contribution in [-0.2, 0) is 0 Å². The van der Waals surface area contributed by atoms with Crippen molar-refractivity contribution in [3.05, 3.63) is 30.5 Å². The minimum atomic E-state index is 0.417. The molecule has 0 bridgehead atoms. The summed E-state index contributed by atoms with van der Waals surface area (Å²) in [5.74, 6) is 0. The molecular formula is C13H17N3. The fraction of sp³-hybridized carbons (Fsp3) is 0.462. The second-order valence-corrected chi connectivity index (χ2v) is 4.68. The minimum Gasteiger partial charge on any atom is -0.312 e. The standard InChI is InChI=1S/C13H17N3/c1-10(8-14-12-6-7-12)16-13-5-3-2-4-11(13)9-15-16/h2-5,9-10,12,14H,6-8H2,1H3. The Bertz CT molecular complexity index is 485. The highest BCUT2D eigenvalue weighted by Crippen LogP contribution is 2.21. The number of nitrogens with zero attached hydrogens (tertiary/aromatic N) is 2. The first-order chi connectivity index (χ1) is 7.84. The van der Waals surface area contributed by atoms with Gasteiger partial charge in [-0.1, -0.05) is 18.2 Å². The van der Waals surface area contributed by atoms with Crippen LogP contribution in [-0.4, -0.2) is 22.4 Å². The van der Waals surface area contributed by atoms with E-state index < -0.39 is 0 Å². The van der Waals surface area contributed by atoms with Crippen molar-refractivity contribution < 1.29 is 0 Å². The van der Waals surface area contributed by atoms with Crippen molar-refractivity contribution in [2.45, 2.75) is 31.8 Å². The molecule has 1 N–H and O–H groups in total. The van der Waals surface area contributed by atoms with Gasteiger partial charge in [0.2, 0.25) is 0 Å². The summed E-state index contributed by atoms with van der Waals surface area (Å²) in [4.78, 5) is 0. The molecule has 1 aromatic carbocycles. The molecule has 3 heteroatoms. The number of para-hydroxylation sites is 1. The Kier molecular flexibility index (Phi) is 2.40. The fourth-order valence-corrected chi connectivity index (χ4v) is 2.05. The molecule has 0 aliphatic heterocycles. The molecule has 16 heavy (non-hydrogen) atoms. The van der Waals surface area contributed by atoms with E-state index in [1.807, 2.05) is 6.20 Å². The van der Waals surface area contributed by atoms with Crippen molar-refractivity contribution in [3.63, 3.8) is 0 Å². The van der Waals surface area contributed by atoms with E-state index in [2.05, 4.69) is 46.3 Å². The monoisotopic (exact) mass is 215 g/mol. The van der Waals surface area contributed by atoms with Gasteiger partial charge in [-0.2, -0.15) is 5.10 Å². The van der Waals surface area contributed by atoms with E-state index in [1.165, 1.54) is 23.7 Å². The number of fused-ring (bicyclic) bond motifs is 1. The average Bonchev–Trinajstić information content (AvgIpc) is 3.04. The van der Waals surface area contributed by atoms with Crippen molar-refractivity contribution in [2.75, 3.05) is 6.54 Å². The van der Waals surface area contributed by atoms with Gasteiger partial charge in [0.25, 0.3) is 0 Å². The van der Waals surface area contributed by atoms with E-state index in [0.717, 1.165) is 12.6 Å². The molecule has 1 unspecified atom stereocenters. The summed E-state index contributed by atoms with van der Waals surface area (Å²) < 4.78 is 2.12. The predicted octanol–water partition coefficient (Wildman–Crippen LogP) is 2.35. The zero-order valence-corrected chi connectivity index (χ0v) is 9.56. The summed E-state index contributed by atoms with van der Waals surface area (Å²) in [5.41, 5.74) is 1.23. The van der Waals surface area contributed by atoms with E-state index in [4.69, 9.17) is 0 Å². The minimum absolute atomic E-state index is 0.417. The molecule has 3 nitrogen and oxygen atoms in total. The van der Waals surface area contributed by atoms with Gasteiger partial charge < -0.3 is 5.32 Å². The highest BCUT2D eigenvalue weighted by atomic mass is 15.3. The molecular weight excluding hydrogens is 198 g/mol. The number of rotatable bonds is 4. The fourth-order valence-electron chi connectivity index (χ4n) is 2.05. The molecule has 3 rings (SSSR count). The zero-order valence-electron chi connectivity index (χ0n) is 9.56. The third-order valence-electron chi connectivity index (χ3n) is 3.20. The lowest BCUT2D eigenvalue weighted by atomic mass is 10.2. The first-order valence-electron chi connectivity index (χ1n) is 6.00. The second kappa shape index (κ2) is 3.91. The molecule has 1 aliphatic carbocycles. The van der Waals surface area contributed by atoms with Gasteiger partial charge in [-0.15, -0.1) is 0 Å². The first kappa shape index (κ1) is 9.85. The third kappa shape index (κ3) is 1.83. The van der Waals surface area contributed by atoms with E-state index in [0.29, 0.717) is 6.04 Å². The Morgan fingerprint density at radius 1 is 1.44 bits per heavy atom. The van der Waals surface area contributed by atoms with Gasteiger partial charge in [0, 0.05) is 18.0 Å². The Balaban J connectivity index is 1.80. The number of aromatic nitrogens is 2. The van der Waals surface area contributed by atoms with Crippen molar-refractivity contribution in [3.8, 4) is 0 Å². The Labute approximate surface area is 95.5 Å². The second-order valence-electron chi connectivity index (χ2n) is 4.68. The Morgan fingerprint density at radius 3 is 3.06 bits per heavy atom. The zero-order chi connectivity index (χ0) is 11.0. The topological polar surface area (TPSA) is 29.9 Å². The number of nitrogens with one attached hydrogen (secondary N) is 1. The van der Waals surface area contributed by atoms with Crippen molar-refractivity contribution in [1.82, 2.24) is 15.1 Å². The maximum Gasteiger partial charge on any atom is 0.0686 e. The van der Waals surface area contributed by atoms with Crippen LogP contribution in [0, 0.1) is 0 Å². The smallest absolute Gasteiger partial charge is 0.0686 e. The van der Waals surface area contributed by atoms with Crippen LogP contribution in [0.3, 0.4) is 0 Å². The summed E-state index contributed by atoms with van der Waals surface area (Å²) in [5, 5.41) is 9.24. The third-order valence-corrected chi connectivity index (χ3v) is 3.20. The molecule has 1 fully saturated rings. The summed E-state index contributed by atoms with van der Waals surface area (Å²) in [7, 11) is 0. The van der Waals surface area contributed by atoms with Crippen LogP contribution in [0.2, 0.25) is 0 Å². The molecule has 1 heterocycles. The summed E-state index contributed by atoms with van der Waals surface area (Å²) in [6, 6.07) is 9.56. The summed E-state index contributed by atoms with van der Waals surface area (Å²) >= 11 is 0. The van der Waals surface area contributed by atoms with Crippen molar-refractivity contribution >= 4 is 10.9 Å². The number of benzene rings is 1. The van der Waals surface area contributed by atoms with Crippen LogP contribution in [0.4, 0.5) is 0 Å². The molecule has 0 amide bonds. The predicted molar refractivity (Wildman–Crippen MR) is 65.5 cm³/mol. The van der Waals surface area contributed by atoms with E-state index >= 15 is 0 Å². The van der Waals surface area contributed by atoms with Gasteiger partial charge in [0.1, 0.15) is 0 Å². The van der Waals surface area contributed by atoms with Crippen molar-refractivity contribution in [1.29, 1.82) is 0 Å². The van der Waals surface area contributed by atoms with Gasteiger partial charge >= 0.3 is 0 Å². The van der Waals surface area contributed by atoms with Crippen LogP contribution < -0.4 is 5.32 Å². The van der Waals surface area contributed by atoms with Gasteiger partial charge in [-0.25, -0.2) is 0 Å². The normalized spacial score (nSPS) is 17.8. The average molecular weight is 215 g/mol. The summed E-state index contributed by atoms with van der Waals surface area (Å²) in [6.45, 7) is 3.23. The molecule has 2 aromatic rings. The molecule has 0 saturated heterocycles. The maximum atomic E-state index is 4.47.